The summed E-state index contributed by atoms with van der Waals surface area (Å²) in [5, 5.41) is 0. The molecule has 3 aromatic rings. The van der Waals surface area contributed by atoms with Gasteiger partial charge < -0.3 is 9.47 Å². The fourth-order valence-electron chi connectivity index (χ4n) is 3.34. The van der Waals surface area contributed by atoms with Crippen molar-refractivity contribution in [3.63, 3.8) is 0 Å². The number of nitrogens with zero attached hydrogens (tertiary/aromatic N) is 2. The van der Waals surface area contributed by atoms with Gasteiger partial charge in [-0.05, 0) is 55.5 Å². The highest BCUT2D eigenvalue weighted by Gasteiger charge is 2.32. The second-order valence-electron chi connectivity index (χ2n) is 6.78. The molecular formula is C25H21BrN2O3. The number of anilines is 1. The van der Waals surface area contributed by atoms with Gasteiger partial charge in [0.2, 0.25) is 0 Å². The summed E-state index contributed by atoms with van der Waals surface area (Å²) in [6.07, 6.45) is 1.76. The lowest BCUT2D eigenvalue weighted by atomic mass is 10.1. The van der Waals surface area contributed by atoms with E-state index in [9.17, 15) is 4.79 Å². The zero-order valence-electron chi connectivity index (χ0n) is 17.2. The van der Waals surface area contributed by atoms with Gasteiger partial charge in [-0.25, -0.2) is 4.99 Å². The van der Waals surface area contributed by atoms with E-state index in [0.717, 1.165) is 27.0 Å². The van der Waals surface area contributed by atoms with Gasteiger partial charge in [0.15, 0.2) is 0 Å². The molecule has 156 valence electrons. The molecule has 0 bridgehead atoms. The number of halogens is 1. The van der Waals surface area contributed by atoms with Gasteiger partial charge in [0, 0.05) is 15.6 Å². The van der Waals surface area contributed by atoms with Crippen LogP contribution in [0.5, 0.6) is 11.5 Å². The molecule has 0 unspecified atom stereocenters. The van der Waals surface area contributed by atoms with E-state index >= 15 is 0 Å². The zero-order chi connectivity index (χ0) is 21.8. The smallest absolute Gasteiger partial charge is 0.282 e. The van der Waals surface area contributed by atoms with Crippen molar-refractivity contribution in [2.45, 2.75) is 6.92 Å². The molecule has 1 heterocycles. The van der Waals surface area contributed by atoms with Crippen molar-refractivity contribution in [3.8, 4) is 11.5 Å². The third-order valence-corrected chi connectivity index (χ3v) is 5.33. The van der Waals surface area contributed by atoms with E-state index < -0.39 is 0 Å². The maximum atomic E-state index is 13.4. The van der Waals surface area contributed by atoms with Crippen LogP contribution in [0.2, 0.25) is 0 Å². The van der Waals surface area contributed by atoms with Gasteiger partial charge in [-0.1, -0.05) is 46.3 Å². The van der Waals surface area contributed by atoms with Crippen molar-refractivity contribution in [3.05, 3.63) is 94.1 Å². The number of amidine groups is 1. The Morgan fingerprint density at radius 2 is 1.71 bits per heavy atom. The average molecular weight is 477 g/mol. The van der Waals surface area contributed by atoms with Crippen LogP contribution in [0.25, 0.3) is 6.08 Å². The Bertz CT molecular complexity index is 1150. The molecule has 0 aromatic heterocycles. The van der Waals surface area contributed by atoms with Crippen molar-refractivity contribution in [1.29, 1.82) is 0 Å². The Hall–Kier alpha value is -3.38. The van der Waals surface area contributed by atoms with Crippen molar-refractivity contribution in [2.75, 3.05) is 18.6 Å². The maximum absolute atomic E-state index is 13.4. The lowest BCUT2D eigenvalue weighted by Gasteiger charge is -2.19. The van der Waals surface area contributed by atoms with Crippen LogP contribution in [0.1, 0.15) is 18.1 Å². The van der Waals surface area contributed by atoms with Crippen LogP contribution >= 0.6 is 15.9 Å². The summed E-state index contributed by atoms with van der Waals surface area (Å²) in [6, 6.07) is 22.7. The number of carbonyl (C=O) groups is 1. The van der Waals surface area contributed by atoms with Crippen molar-refractivity contribution in [1.82, 2.24) is 0 Å². The molecule has 0 spiro atoms. The van der Waals surface area contributed by atoms with Gasteiger partial charge in [0.05, 0.1) is 19.4 Å². The van der Waals surface area contributed by atoms with E-state index in [1.807, 2.05) is 79.7 Å². The number of amides is 1. The Labute approximate surface area is 189 Å². The highest BCUT2D eigenvalue weighted by atomic mass is 79.9. The SMILES string of the molecule is CCOc1ccc(N2C(=O)/C(=C\c3ccccc3OC)N=C2c2ccc(Br)cc2)cc1. The van der Waals surface area contributed by atoms with Crippen LogP contribution in [0.15, 0.2) is 88.0 Å². The predicted octanol–water partition coefficient (Wildman–Crippen LogP) is 5.69. The lowest BCUT2D eigenvalue weighted by Crippen LogP contribution is -2.32. The molecule has 1 aliphatic rings. The summed E-state index contributed by atoms with van der Waals surface area (Å²) >= 11 is 3.46. The molecule has 0 fully saturated rings. The number of hydrogen-bond donors (Lipinski definition) is 0. The minimum atomic E-state index is -0.201. The first-order valence-electron chi connectivity index (χ1n) is 9.87. The normalized spacial score (nSPS) is 14.7. The number of carbonyl (C=O) groups excluding carboxylic acids is 1. The molecule has 5 nitrogen and oxygen atoms in total. The topological polar surface area (TPSA) is 51.1 Å². The van der Waals surface area contributed by atoms with E-state index in [-0.39, 0.29) is 5.91 Å². The molecule has 1 amide bonds. The van der Waals surface area contributed by atoms with Gasteiger partial charge >= 0.3 is 0 Å². The predicted molar refractivity (Wildman–Crippen MR) is 127 cm³/mol. The van der Waals surface area contributed by atoms with Gasteiger partial charge in [-0.2, -0.15) is 0 Å². The summed E-state index contributed by atoms with van der Waals surface area (Å²) in [6.45, 7) is 2.52. The number of benzene rings is 3. The molecule has 6 heteroatoms. The Kier molecular flexibility index (Phi) is 6.18. The molecule has 0 N–H and O–H groups in total. The molecule has 31 heavy (non-hydrogen) atoms. The van der Waals surface area contributed by atoms with E-state index in [2.05, 4.69) is 15.9 Å². The first kappa shape index (κ1) is 20.9. The number of ether oxygens (including phenoxy) is 2. The second-order valence-corrected chi connectivity index (χ2v) is 7.70. The summed E-state index contributed by atoms with van der Waals surface area (Å²) in [5.74, 6) is 1.81. The van der Waals surface area contributed by atoms with Crippen LogP contribution in [-0.4, -0.2) is 25.5 Å². The van der Waals surface area contributed by atoms with Crippen LogP contribution in [-0.2, 0) is 4.79 Å². The van der Waals surface area contributed by atoms with Gasteiger partial charge in [-0.3, -0.25) is 9.69 Å². The molecule has 4 rings (SSSR count). The van der Waals surface area contributed by atoms with E-state index in [4.69, 9.17) is 14.5 Å². The van der Waals surface area contributed by atoms with Crippen LogP contribution in [0.3, 0.4) is 0 Å². The lowest BCUT2D eigenvalue weighted by molar-refractivity contribution is -0.113. The molecule has 0 atom stereocenters. The second kappa shape index (κ2) is 9.18. The Morgan fingerprint density at radius 1 is 1.00 bits per heavy atom. The van der Waals surface area contributed by atoms with E-state index in [1.54, 1.807) is 18.1 Å². The zero-order valence-corrected chi connectivity index (χ0v) is 18.8. The summed E-state index contributed by atoms with van der Waals surface area (Å²) in [7, 11) is 1.61. The van der Waals surface area contributed by atoms with Crippen molar-refractivity contribution in [2.24, 2.45) is 4.99 Å². The van der Waals surface area contributed by atoms with Crippen molar-refractivity contribution < 1.29 is 14.3 Å². The average Bonchev–Trinajstić information content (AvgIpc) is 3.11. The first-order chi connectivity index (χ1) is 15.1. The molecule has 0 aliphatic carbocycles. The summed E-state index contributed by atoms with van der Waals surface area (Å²) < 4.78 is 11.9. The summed E-state index contributed by atoms with van der Waals surface area (Å²) in [4.78, 5) is 19.8. The maximum Gasteiger partial charge on any atom is 0.282 e. The largest absolute Gasteiger partial charge is 0.496 e. The number of hydrogen-bond acceptors (Lipinski definition) is 4. The number of aliphatic imine (C=N–C) groups is 1. The molecule has 0 saturated heterocycles. The first-order valence-corrected chi connectivity index (χ1v) is 10.7. The van der Waals surface area contributed by atoms with E-state index in [0.29, 0.717) is 23.9 Å². The van der Waals surface area contributed by atoms with Crippen molar-refractivity contribution >= 4 is 39.4 Å². The molecule has 1 aliphatic heterocycles. The van der Waals surface area contributed by atoms with Gasteiger partial charge in [-0.15, -0.1) is 0 Å². The highest BCUT2D eigenvalue weighted by molar-refractivity contribution is 9.10. The minimum absolute atomic E-state index is 0.201. The minimum Gasteiger partial charge on any atom is -0.496 e. The molecule has 0 radical (unpaired) electrons. The monoisotopic (exact) mass is 476 g/mol. The summed E-state index contributed by atoms with van der Waals surface area (Å²) in [5.41, 5.74) is 2.70. The van der Waals surface area contributed by atoms with E-state index in [1.165, 1.54) is 0 Å². The third kappa shape index (κ3) is 4.39. The number of methoxy groups -OCH3 is 1. The van der Waals surface area contributed by atoms with Crippen LogP contribution < -0.4 is 14.4 Å². The fraction of sp³-hybridized carbons (Fsp3) is 0.120. The van der Waals surface area contributed by atoms with Crippen LogP contribution in [0.4, 0.5) is 5.69 Å². The van der Waals surface area contributed by atoms with Crippen LogP contribution in [0, 0.1) is 0 Å². The molecule has 0 saturated carbocycles. The number of rotatable bonds is 6. The molecule has 3 aromatic carbocycles. The standard InChI is InChI=1S/C25H21BrN2O3/c1-3-31-21-14-12-20(13-15-21)28-24(17-8-10-19(26)11-9-17)27-22(25(28)29)16-18-6-4-5-7-23(18)30-2/h4-16H,3H2,1-2H3/b22-16+. The van der Waals surface area contributed by atoms with Gasteiger partial charge in [0.1, 0.15) is 23.0 Å². The Morgan fingerprint density at radius 3 is 2.39 bits per heavy atom. The highest BCUT2D eigenvalue weighted by Crippen LogP contribution is 2.31. The van der Waals surface area contributed by atoms with Gasteiger partial charge in [0.25, 0.3) is 5.91 Å². The number of para-hydroxylation sites is 1. The third-order valence-electron chi connectivity index (χ3n) is 4.80. The fourth-order valence-corrected chi connectivity index (χ4v) is 3.60. The quantitative estimate of drug-likeness (QED) is 0.429. The Balaban J connectivity index is 1.79. The molecular weight excluding hydrogens is 456 g/mol.